The van der Waals surface area contributed by atoms with Crippen molar-refractivity contribution in [2.24, 2.45) is 0 Å². The number of methoxy groups -OCH3 is 1. The number of hydrogen-bond donors (Lipinski definition) is 0. The zero-order chi connectivity index (χ0) is 19.6. The van der Waals surface area contributed by atoms with E-state index in [2.05, 4.69) is 97.3 Å². The van der Waals surface area contributed by atoms with Gasteiger partial charge in [-0.3, -0.25) is 0 Å². The summed E-state index contributed by atoms with van der Waals surface area (Å²) in [5.74, 6) is 0.879. The molecule has 1 aliphatic rings. The molecule has 140 valence electrons. The van der Waals surface area contributed by atoms with Crippen molar-refractivity contribution in [3.8, 4) is 5.75 Å². The van der Waals surface area contributed by atoms with Crippen molar-refractivity contribution in [3.63, 3.8) is 0 Å². The van der Waals surface area contributed by atoms with Crippen molar-refractivity contribution >= 4 is 17.5 Å². The van der Waals surface area contributed by atoms with Crippen LogP contribution >= 0.6 is 0 Å². The highest BCUT2D eigenvalue weighted by molar-refractivity contribution is 6.05. The number of hydrogen-bond acceptors (Lipinski definition) is 1. The van der Waals surface area contributed by atoms with E-state index in [1.807, 2.05) is 12.1 Å². The fourth-order valence-electron chi connectivity index (χ4n) is 3.97. The van der Waals surface area contributed by atoms with E-state index in [9.17, 15) is 0 Å². The largest absolute Gasteiger partial charge is 0.497 e. The number of allylic oxidation sites excluding steroid dienone is 1. The summed E-state index contributed by atoms with van der Waals surface area (Å²) in [5.41, 5.74) is 6.42. The zero-order valence-electron chi connectivity index (χ0n) is 16.7. The Bertz CT molecular complexity index is 1030. The summed E-state index contributed by atoms with van der Waals surface area (Å²) in [6.45, 7) is 5.48. The molecule has 2 heteroatoms. The summed E-state index contributed by atoms with van der Waals surface area (Å²) < 4.78 is 7.72. The number of fused-ring (bicyclic) bond motifs is 1. The van der Waals surface area contributed by atoms with Gasteiger partial charge in [-0.15, -0.1) is 0 Å². The van der Waals surface area contributed by atoms with Crippen LogP contribution in [-0.2, 0) is 12.0 Å². The lowest BCUT2D eigenvalue weighted by molar-refractivity contribution is -0.455. The van der Waals surface area contributed by atoms with Crippen molar-refractivity contribution < 1.29 is 9.31 Å². The highest BCUT2D eigenvalue weighted by Crippen LogP contribution is 2.40. The topological polar surface area (TPSA) is 12.2 Å². The SMILES string of the molecule is COc1ccc(/C=C/C2=[N+](Cc3ccccc3)c3ccccc3C2(C)C)cc1. The first-order valence-electron chi connectivity index (χ1n) is 9.70. The molecule has 4 rings (SSSR count). The van der Waals surface area contributed by atoms with Crippen LogP contribution in [0.2, 0.25) is 0 Å². The average Bonchev–Trinajstić information content (AvgIpc) is 2.94. The second kappa shape index (κ2) is 7.47. The van der Waals surface area contributed by atoms with Crippen LogP contribution in [-0.4, -0.2) is 17.4 Å². The number of benzene rings is 3. The van der Waals surface area contributed by atoms with E-state index in [0.29, 0.717) is 0 Å². The van der Waals surface area contributed by atoms with Gasteiger partial charge < -0.3 is 4.74 Å². The van der Waals surface area contributed by atoms with E-state index in [0.717, 1.165) is 12.3 Å². The first-order valence-corrected chi connectivity index (χ1v) is 9.70. The molecule has 28 heavy (non-hydrogen) atoms. The first-order chi connectivity index (χ1) is 13.6. The molecule has 0 amide bonds. The molecule has 0 atom stereocenters. The van der Waals surface area contributed by atoms with Crippen LogP contribution < -0.4 is 4.74 Å². The maximum absolute atomic E-state index is 5.27. The van der Waals surface area contributed by atoms with Gasteiger partial charge in [-0.25, -0.2) is 0 Å². The molecule has 0 N–H and O–H groups in total. The minimum Gasteiger partial charge on any atom is -0.497 e. The molecular formula is C26H26NO+. The van der Waals surface area contributed by atoms with E-state index in [-0.39, 0.29) is 5.41 Å². The van der Waals surface area contributed by atoms with E-state index in [1.165, 1.54) is 28.1 Å². The quantitative estimate of drug-likeness (QED) is 0.504. The maximum atomic E-state index is 5.27. The summed E-state index contributed by atoms with van der Waals surface area (Å²) in [6.07, 6.45) is 4.46. The summed E-state index contributed by atoms with van der Waals surface area (Å²) in [4.78, 5) is 0. The molecule has 3 aromatic carbocycles. The van der Waals surface area contributed by atoms with Gasteiger partial charge in [-0.1, -0.05) is 60.7 Å². The van der Waals surface area contributed by atoms with Crippen molar-refractivity contribution in [1.82, 2.24) is 0 Å². The van der Waals surface area contributed by atoms with Crippen LogP contribution in [0, 0.1) is 0 Å². The summed E-state index contributed by atoms with van der Waals surface area (Å²) in [6, 6.07) is 27.6. The minimum absolute atomic E-state index is 0.0473. The van der Waals surface area contributed by atoms with Crippen LogP contribution in [0.25, 0.3) is 6.08 Å². The van der Waals surface area contributed by atoms with Crippen molar-refractivity contribution in [2.45, 2.75) is 25.8 Å². The van der Waals surface area contributed by atoms with Gasteiger partial charge in [-0.05, 0) is 37.6 Å². The van der Waals surface area contributed by atoms with Gasteiger partial charge in [0, 0.05) is 23.3 Å². The second-order valence-corrected chi connectivity index (χ2v) is 7.71. The summed E-state index contributed by atoms with van der Waals surface area (Å²) >= 11 is 0. The summed E-state index contributed by atoms with van der Waals surface area (Å²) in [5, 5.41) is 0. The fourth-order valence-corrected chi connectivity index (χ4v) is 3.97. The smallest absolute Gasteiger partial charge is 0.210 e. The molecule has 0 saturated carbocycles. The lowest BCUT2D eigenvalue weighted by atomic mass is 9.81. The Morgan fingerprint density at radius 3 is 2.21 bits per heavy atom. The van der Waals surface area contributed by atoms with Crippen LogP contribution in [0.5, 0.6) is 5.75 Å². The standard InChI is InChI=1S/C26H26NO/c1-26(2)23-11-7-8-12-24(23)27(19-21-9-5-4-6-10-21)25(26)18-15-20-13-16-22(28-3)17-14-20/h4-18H,19H2,1-3H3/q+1/b18-15+. The predicted molar refractivity (Wildman–Crippen MR) is 117 cm³/mol. The van der Waals surface area contributed by atoms with Gasteiger partial charge in [-0.2, -0.15) is 4.58 Å². The third kappa shape index (κ3) is 3.38. The molecule has 2 nitrogen and oxygen atoms in total. The van der Waals surface area contributed by atoms with Gasteiger partial charge in [0.25, 0.3) is 0 Å². The molecule has 0 aliphatic carbocycles. The average molecular weight is 369 g/mol. The Labute approximate surface area is 167 Å². The molecular weight excluding hydrogens is 342 g/mol. The van der Waals surface area contributed by atoms with Gasteiger partial charge >= 0.3 is 0 Å². The van der Waals surface area contributed by atoms with E-state index < -0.39 is 0 Å². The predicted octanol–water partition coefficient (Wildman–Crippen LogP) is 5.99. The normalized spacial score (nSPS) is 15.1. The van der Waals surface area contributed by atoms with Crippen molar-refractivity contribution in [3.05, 3.63) is 102 Å². The number of nitrogens with zero attached hydrogens (tertiary/aromatic N) is 1. The Morgan fingerprint density at radius 1 is 0.821 bits per heavy atom. The number of ether oxygens (including phenoxy) is 1. The van der Waals surface area contributed by atoms with E-state index in [1.54, 1.807) is 7.11 Å². The van der Waals surface area contributed by atoms with Crippen molar-refractivity contribution in [1.29, 1.82) is 0 Å². The van der Waals surface area contributed by atoms with Crippen LogP contribution in [0.15, 0.2) is 84.9 Å². The Balaban J connectivity index is 1.77. The van der Waals surface area contributed by atoms with Crippen LogP contribution in [0.1, 0.15) is 30.5 Å². The third-order valence-electron chi connectivity index (χ3n) is 5.53. The number of para-hydroxylation sites is 1. The lowest BCUT2D eigenvalue weighted by Gasteiger charge is -2.15. The van der Waals surface area contributed by atoms with E-state index in [4.69, 9.17) is 4.74 Å². The van der Waals surface area contributed by atoms with Gasteiger partial charge in [0.15, 0.2) is 12.3 Å². The van der Waals surface area contributed by atoms with Crippen LogP contribution in [0.4, 0.5) is 5.69 Å². The maximum Gasteiger partial charge on any atom is 0.210 e. The summed E-state index contributed by atoms with van der Waals surface area (Å²) in [7, 11) is 1.69. The Morgan fingerprint density at radius 2 is 1.50 bits per heavy atom. The number of rotatable bonds is 5. The molecule has 3 aromatic rings. The zero-order valence-corrected chi connectivity index (χ0v) is 16.7. The Hall–Kier alpha value is -3.13. The van der Waals surface area contributed by atoms with E-state index >= 15 is 0 Å². The molecule has 1 aliphatic heterocycles. The molecule has 0 fully saturated rings. The monoisotopic (exact) mass is 368 g/mol. The lowest BCUT2D eigenvalue weighted by Crippen LogP contribution is -2.27. The molecule has 0 radical (unpaired) electrons. The highest BCUT2D eigenvalue weighted by atomic mass is 16.5. The fraction of sp³-hybridized carbons (Fsp3) is 0.192. The molecule has 0 bridgehead atoms. The van der Waals surface area contributed by atoms with Crippen LogP contribution in [0.3, 0.4) is 0 Å². The molecule has 0 unspecified atom stereocenters. The van der Waals surface area contributed by atoms with Gasteiger partial charge in [0.1, 0.15) is 5.75 Å². The third-order valence-corrected chi connectivity index (χ3v) is 5.53. The molecule has 0 spiro atoms. The Kier molecular flexibility index (Phi) is 4.87. The molecule has 1 heterocycles. The minimum atomic E-state index is -0.0473. The second-order valence-electron chi connectivity index (χ2n) is 7.71. The van der Waals surface area contributed by atoms with Crippen molar-refractivity contribution in [2.75, 3.05) is 7.11 Å². The van der Waals surface area contributed by atoms with Gasteiger partial charge in [0.2, 0.25) is 5.69 Å². The first kappa shape index (κ1) is 18.2. The highest BCUT2D eigenvalue weighted by Gasteiger charge is 2.43. The molecule has 0 aromatic heterocycles. The molecule has 0 saturated heterocycles. The van der Waals surface area contributed by atoms with Gasteiger partial charge in [0.05, 0.1) is 12.5 Å².